The van der Waals surface area contributed by atoms with Gasteiger partial charge in [0, 0.05) is 50.3 Å². The molecule has 1 aliphatic rings. The number of hydrogen-bond acceptors (Lipinski definition) is 3. The molecule has 1 aromatic heterocycles. The Morgan fingerprint density at radius 1 is 1.28 bits per heavy atom. The number of para-hydroxylation sites is 1. The van der Waals surface area contributed by atoms with Gasteiger partial charge in [0.1, 0.15) is 11.9 Å². The van der Waals surface area contributed by atoms with Gasteiger partial charge in [-0.1, -0.05) is 30.3 Å². The van der Waals surface area contributed by atoms with Crippen LogP contribution in [-0.4, -0.2) is 42.2 Å². The minimum atomic E-state index is 0.0417. The normalized spacial score (nSPS) is 15.4. The predicted molar refractivity (Wildman–Crippen MR) is 115 cm³/mol. The summed E-state index contributed by atoms with van der Waals surface area (Å²) in [5, 5.41) is 0.995. The van der Waals surface area contributed by atoms with E-state index in [2.05, 4.69) is 29.7 Å². The van der Waals surface area contributed by atoms with Gasteiger partial charge < -0.3 is 18.9 Å². The van der Waals surface area contributed by atoms with Crippen LogP contribution in [0.25, 0.3) is 10.9 Å². The Morgan fingerprint density at radius 2 is 2.07 bits per heavy atom. The smallest absolute Gasteiger partial charge is 0.256 e. The Labute approximate surface area is 171 Å². The molecule has 0 bridgehead atoms. The van der Waals surface area contributed by atoms with E-state index >= 15 is 0 Å². The fourth-order valence-electron chi connectivity index (χ4n) is 4.28. The Balaban J connectivity index is 1.62. The van der Waals surface area contributed by atoms with E-state index in [9.17, 15) is 4.79 Å². The molecule has 0 spiro atoms. The largest absolute Gasteiger partial charge is 0.490 e. The number of benzene rings is 2. The molecule has 1 aliphatic heterocycles. The highest BCUT2D eigenvalue weighted by atomic mass is 16.5. The van der Waals surface area contributed by atoms with Crippen molar-refractivity contribution in [2.75, 3.05) is 20.8 Å². The first-order valence-corrected chi connectivity index (χ1v) is 10.1. The van der Waals surface area contributed by atoms with Crippen LogP contribution >= 0.6 is 0 Å². The van der Waals surface area contributed by atoms with Crippen LogP contribution in [0.1, 0.15) is 34.1 Å². The third-order valence-corrected chi connectivity index (χ3v) is 5.69. The fourth-order valence-corrected chi connectivity index (χ4v) is 4.28. The van der Waals surface area contributed by atoms with E-state index in [1.54, 1.807) is 12.0 Å². The molecular formula is C24H28N2O3. The number of carbonyl (C=O) groups is 1. The molecule has 5 heteroatoms. The number of rotatable bonds is 6. The number of ether oxygens (including phenoxy) is 2. The van der Waals surface area contributed by atoms with Gasteiger partial charge in [0.15, 0.2) is 0 Å². The van der Waals surface area contributed by atoms with Crippen LogP contribution in [0.3, 0.4) is 0 Å². The minimum Gasteiger partial charge on any atom is -0.490 e. The van der Waals surface area contributed by atoms with Crippen molar-refractivity contribution in [1.82, 2.24) is 9.47 Å². The Bertz CT molecular complexity index is 1050. The van der Waals surface area contributed by atoms with E-state index in [4.69, 9.17) is 9.47 Å². The van der Waals surface area contributed by atoms with Gasteiger partial charge in [-0.15, -0.1) is 0 Å². The molecule has 0 saturated carbocycles. The summed E-state index contributed by atoms with van der Waals surface area (Å²) in [7, 11) is 3.57. The molecule has 0 N–H and O–H groups in total. The van der Waals surface area contributed by atoms with Crippen LogP contribution in [0, 0.1) is 6.92 Å². The van der Waals surface area contributed by atoms with Crippen LogP contribution in [0.15, 0.2) is 42.5 Å². The summed E-state index contributed by atoms with van der Waals surface area (Å²) >= 11 is 0. The Kier molecular flexibility index (Phi) is 5.33. The summed E-state index contributed by atoms with van der Waals surface area (Å²) in [6.07, 6.45) is 1.15. The summed E-state index contributed by atoms with van der Waals surface area (Å²) in [6.45, 7) is 6.00. The van der Waals surface area contributed by atoms with Gasteiger partial charge in [0.05, 0.1) is 12.2 Å². The molecule has 0 radical (unpaired) electrons. The van der Waals surface area contributed by atoms with Crippen LogP contribution in [-0.2, 0) is 24.2 Å². The van der Waals surface area contributed by atoms with Gasteiger partial charge in [-0.05, 0) is 37.1 Å². The number of fused-ring (bicyclic) bond motifs is 2. The van der Waals surface area contributed by atoms with Crippen LogP contribution in [0.2, 0.25) is 0 Å². The summed E-state index contributed by atoms with van der Waals surface area (Å²) in [5.41, 5.74) is 5.18. The van der Waals surface area contributed by atoms with Gasteiger partial charge in [-0.25, -0.2) is 0 Å². The lowest BCUT2D eigenvalue weighted by Crippen LogP contribution is -2.27. The van der Waals surface area contributed by atoms with E-state index in [1.165, 1.54) is 5.56 Å². The number of aromatic nitrogens is 1. The Hall–Kier alpha value is -2.79. The highest BCUT2D eigenvalue weighted by molar-refractivity contribution is 6.08. The zero-order valence-corrected chi connectivity index (χ0v) is 17.6. The lowest BCUT2D eigenvalue weighted by Gasteiger charge is -2.18. The summed E-state index contributed by atoms with van der Waals surface area (Å²) in [5.74, 6) is 1.01. The maximum absolute atomic E-state index is 13.4. The van der Waals surface area contributed by atoms with Crippen molar-refractivity contribution in [3.8, 4) is 5.75 Å². The summed E-state index contributed by atoms with van der Waals surface area (Å²) < 4.78 is 13.2. The zero-order chi connectivity index (χ0) is 20.5. The molecule has 0 saturated heterocycles. The quantitative estimate of drug-likeness (QED) is 0.632. The van der Waals surface area contributed by atoms with Crippen LogP contribution < -0.4 is 4.74 Å². The highest BCUT2D eigenvalue weighted by Gasteiger charge is 2.23. The third-order valence-electron chi connectivity index (χ3n) is 5.69. The number of nitrogens with zero attached hydrogens (tertiary/aromatic N) is 2. The van der Waals surface area contributed by atoms with Gasteiger partial charge in [-0.2, -0.15) is 0 Å². The van der Waals surface area contributed by atoms with E-state index in [1.807, 2.05) is 38.2 Å². The standard InChI is InChI=1S/C24H28N2O3/c1-16-13-19-14-18(9-10-22(19)29-16)15-25(3)24(27)23-17(2)26(11-12-28-4)21-8-6-5-7-20(21)23/h5-10,14,16H,11-13,15H2,1-4H3/t16-/m1/s1. The second-order valence-electron chi connectivity index (χ2n) is 7.86. The Morgan fingerprint density at radius 3 is 2.86 bits per heavy atom. The predicted octanol–water partition coefficient (Wildman–Crippen LogP) is 4.19. The lowest BCUT2D eigenvalue weighted by atomic mass is 10.1. The molecule has 0 aliphatic carbocycles. The molecule has 2 heterocycles. The van der Waals surface area contributed by atoms with Crippen LogP contribution in [0.4, 0.5) is 0 Å². The molecule has 0 fully saturated rings. The second-order valence-corrected chi connectivity index (χ2v) is 7.86. The average Bonchev–Trinajstić information content (AvgIpc) is 3.21. The topological polar surface area (TPSA) is 43.7 Å². The van der Waals surface area contributed by atoms with E-state index in [0.717, 1.165) is 46.4 Å². The first-order chi connectivity index (χ1) is 14.0. The average molecular weight is 392 g/mol. The maximum atomic E-state index is 13.4. The van der Waals surface area contributed by atoms with Crippen molar-refractivity contribution >= 4 is 16.8 Å². The summed E-state index contributed by atoms with van der Waals surface area (Å²) in [4.78, 5) is 15.2. The number of methoxy groups -OCH3 is 1. The third kappa shape index (κ3) is 3.62. The summed E-state index contributed by atoms with van der Waals surface area (Å²) in [6, 6.07) is 14.3. The molecule has 29 heavy (non-hydrogen) atoms. The molecule has 1 amide bonds. The number of amides is 1. The van der Waals surface area contributed by atoms with Gasteiger partial charge in [0.2, 0.25) is 0 Å². The first-order valence-electron chi connectivity index (χ1n) is 10.1. The molecule has 1 atom stereocenters. The van der Waals surface area contributed by atoms with Crippen LogP contribution in [0.5, 0.6) is 5.75 Å². The number of carbonyl (C=O) groups excluding carboxylic acids is 1. The maximum Gasteiger partial charge on any atom is 0.256 e. The zero-order valence-electron chi connectivity index (χ0n) is 17.6. The first kappa shape index (κ1) is 19.5. The van der Waals surface area contributed by atoms with Crippen molar-refractivity contribution in [2.45, 2.75) is 39.5 Å². The van der Waals surface area contributed by atoms with Gasteiger partial charge in [-0.3, -0.25) is 4.79 Å². The molecule has 4 rings (SSSR count). The molecular weight excluding hydrogens is 364 g/mol. The van der Waals surface area contributed by atoms with Gasteiger partial charge >= 0.3 is 0 Å². The van der Waals surface area contributed by atoms with Crippen molar-refractivity contribution in [3.05, 3.63) is 64.8 Å². The van der Waals surface area contributed by atoms with E-state index < -0.39 is 0 Å². The molecule has 5 nitrogen and oxygen atoms in total. The monoisotopic (exact) mass is 392 g/mol. The molecule has 0 unspecified atom stereocenters. The minimum absolute atomic E-state index is 0.0417. The fraction of sp³-hybridized carbons (Fsp3) is 0.375. The molecule has 152 valence electrons. The molecule has 2 aromatic carbocycles. The lowest BCUT2D eigenvalue weighted by molar-refractivity contribution is 0.0785. The second kappa shape index (κ2) is 7.91. The highest BCUT2D eigenvalue weighted by Crippen LogP contribution is 2.30. The van der Waals surface area contributed by atoms with Gasteiger partial charge in [0.25, 0.3) is 5.91 Å². The van der Waals surface area contributed by atoms with E-state index in [0.29, 0.717) is 13.2 Å². The SMILES string of the molecule is COCCn1c(C)c(C(=O)N(C)Cc2ccc3c(c2)C[C@@H](C)O3)c2ccccc21. The number of hydrogen-bond donors (Lipinski definition) is 0. The van der Waals surface area contributed by atoms with E-state index in [-0.39, 0.29) is 12.0 Å². The van der Waals surface area contributed by atoms with Crippen molar-refractivity contribution in [2.24, 2.45) is 0 Å². The van der Waals surface area contributed by atoms with Crippen molar-refractivity contribution in [1.29, 1.82) is 0 Å². The van der Waals surface area contributed by atoms with Crippen molar-refractivity contribution in [3.63, 3.8) is 0 Å². The molecule has 3 aromatic rings. The van der Waals surface area contributed by atoms with Crippen molar-refractivity contribution < 1.29 is 14.3 Å².